The second kappa shape index (κ2) is 5.11. The van der Waals surface area contributed by atoms with Crippen molar-refractivity contribution in [2.75, 3.05) is 13.2 Å². The number of ether oxygens (including phenoxy) is 1. The summed E-state index contributed by atoms with van der Waals surface area (Å²) in [5, 5.41) is 0. The van der Waals surface area contributed by atoms with Crippen LogP contribution in [0, 0.1) is 5.41 Å². The number of benzene rings is 1. The number of hydrogen-bond donors (Lipinski definition) is 1. The number of Topliss-reactive ketones (excluding diaryl/α,β-unsaturated/α-hetero) is 1. The highest BCUT2D eigenvalue weighted by Gasteiger charge is 2.33. The Labute approximate surface area is 108 Å². The van der Waals surface area contributed by atoms with Gasteiger partial charge in [0.1, 0.15) is 5.75 Å². The third kappa shape index (κ3) is 2.15. The van der Waals surface area contributed by atoms with Crippen molar-refractivity contribution in [2.45, 2.75) is 33.1 Å². The van der Waals surface area contributed by atoms with E-state index < -0.39 is 5.41 Å². The Hall–Kier alpha value is -1.35. The molecule has 1 aromatic rings. The van der Waals surface area contributed by atoms with Gasteiger partial charge in [-0.1, -0.05) is 26.0 Å². The number of aryl methyl sites for hydroxylation is 1. The average Bonchev–Trinajstić information content (AvgIpc) is 2.45. The fourth-order valence-corrected chi connectivity index (χ4v) is 2.29. The summed E-state index contributed by atoms with van der Waals surface area (Å²) in [5.74, 6) is 0.883. The molecule has 0 radical (unpaired) electrons. The molecule has 2 rings (SSSR count). The van der Waals surface area contributed by atoms with E-state index in [0.29, 0.717) is 18.7 Å². The fraction of sp³-hybridized carbons (Fsp3) is 0.533. The highest BCUT2D eigenvalue weighted by molar-refractivity contribution is 6.03. The van der Waals surface area contributed by atoms with Crippen molar-refractivity contribution >= 4 is 5.78 Å². The molecule has 3 heteroatoms. The Balaban J connectivity index is 2.42. The van der Waals surface area contributed by atoms with Gasteiger partial charge in [0, 0.05) is 12.0 Å². The molecule has 0 saturated heterocycles. The molecule has 18 heavy (non-hydrogen) atoms. The van der Waals surface area contributed by atoms with Gasteiger partial charge in [-0.25, -0.2) is 0 Å². The first kappa shape index (κ1) is 13.1. The quantitative estimate of drug-likeness (QED) is 0.832. The van der Waals surface area contributed by atoms with Crippen LogP contribution in [0.25, 0.3) is 0 Å². The van der Waals surface area contributed by atoms with Crippen molar-refractivity contribution in [2.24, 2.45) is 11.1 Å². The number of para-hydroxylation sites is 1. The zero-order chi connectivity index (χ0) is 13.2. The van der Waals surface area contributed by atoms with E-state index in [2.05, 4.69) is 0 Å². The lowest BCUT2D eigenvalue weighted by Crippen LogP contribution is -2.35. The standard InChI is InChI=1S/C15H21NO2/c1-3-15(2,10-16)14(17)12-8-4-6-11-7-5-9-18-13(11)12/h4,6,8H,3,5,7,9-10,16H2,1-2H3. The maximum absolute atomic E-state index is 12.6. The van der Waals surface area contributed by atoms with Gasteiger partial charge in [0.15, 0.2) is 5.78 Å². The number of carbonyl (C=O) groups is 1. The molecule has 1 aliphatic rings. The van der Waals surface area contributed by atoms with Gasteiger partial charge < -0.3 is 10.5 Å². The van der Waals surface area contributed by atoms with E-state index >= 15 is 0 Å². The SMILES string of the molecule is CCC(C)(CN)C(=O)c1cccc2c1OCCC2. The van der Waals surface area contributed by atoms with Crippen LogP contribution in [0.1, 0.15) is 42.6 Å². The summed E-state index contributed by atoms with van der Waals surface area (Å²) >= 11 is 0. The summed E-state index contributed by atoms with van der Waals surface area (Å²) in [4.78, 5) is 12.6. The molecule has 0 aromatic heterocycles. The Kier molecular flexibility index (Phi) is 3.71. The molecule has 98 valence electrons. The van der Waals surface area contributed by atoms with Gasteiger partial charge in [-0.15, -0.1) is 0 Å². The number of nitrogens with two attached hydrogens (primary N) is 1. The molecule has 0 spiro atoms. The molecule has 3 nitrogen and oxygen atoms in total. The molecule has 0 amide bonds. The zero-order valence-electron chi connectivity index (χ0n) is 11.2. The summed E-state index contributed by atoms with van der Waals surface area (Å²) < 4.78 is 5.70. The molecular weight excluding hydrogens is 226 g/mol. The van der Waals surface area contributed by atoms with Crippen LogP contribution >= 0.6 is 0 Å². The van der Waals surface area contributed by atoms with E-state index in [1.807, 2.05) is 32.0 Å². The van der Waals surface area contributed by atoms with Gasteiger partial charge in [0.2, 0.25) is 0 Å². The molecule has 0 aliphatic carbocycles. The second-order valence-corrected chi connectivity index (χ2v) is 5.19. The third-order valence-electron chi connectivity index (χ3n) is 3.96. The van der Waals surface area contributed by atoms with Gasteiger partial charge in [0.25, 0.3) is 0 Å². The van der Waals surface area contributed by atoms with Gasteiger partial charge in [-0.3, -0.25) is 4.79 Å². The summed E-state index contributed by atoms with van der Waals surface area (Å²) in [7, 11) is 0. The van der Waals surface area contributed by atoms with Crippen molar-refractivity contribution in [3.63, 3.8) is 0 Å². The Morgan fingerprint density at radius 1 is 1.50 bits per heavy atom. The maximum atomic E-state index is 12.6. The van der Waals surface area contributed by atoms with Crippen LogP contribution in [0.15, 0.2) is 18.2 Å². The number of carbonyl (C=O) groups excluding carboxylic acids is 1. The van der Waals surface area contributed by atoms with Crippen LogP contribution in [0.3, 0.4) is 0 Å². The van der Waals surface area contributed by atoms with E-state index in [-0.39, 0.29) is 5.78 Å². The summed E-state index contributed by atoms with van der Waals surface area (Å²) in [6.07, 6.45) is 2.75. The molecule has 0 saturated carbocycles. The maximum Gasteiger partial charge on any atom is 0.173 e. The minimum atomic E-state index is -0.490. The van der Waals surface area contributed by atoms with Crippen LogP contribution in [-0.2, 0) is 6.42 Å². The molecule has 1 atom stereocenters. The van der Waals surface area contributed by atoms with E-state index in [1.54, 1.807) is 0 Å². The van der Waals surface area contributed by atoms with Crippen molar-refractivity contribution in [1.82, 2.24) is 0 Å². The van der Waals surface area contributed by atoms with Crippen LogP contribution in [0.2, 0.25) is 0 Å². The average molecular weight is 247 g/mol. The van der Waals surface area contributed by atoms with Crippen molar-refractivity contribution in [3.05, 3.63) is 29.3 Å². The third-order valence-corrected chi connectivity index (χ3v) is 3.96. The largest absolute Gasteiger partial charge is 0.493 e. The molecule has 1 unspecified atom stereocenters. The number of rotatable bonds is 4. The number of ketones is 1. The number of fused-ring (bicyclic) bond motifs is 1. The lowest BCUT2D eigenvalue weighted by atomic mass is 9.79. The van der Waals surface area contributed by atoms with Crippen molar-refractivity contribution < 1.29 is 9.53 Å². The van der Waals surface area contributed by atoms with Gasteiger partial charge in [-0.05, 0) is 30.9 Å². The van der Waals surface area contributed by atoms with E-state index in [1.165, 1.54) is 0 Å². The first-order chi connectivity index (χ1) is 8.62. The summed E-state index contributed by atoms with van der Waals surface area (Å²) in [6.45, 7) is 4.99. The normalized spacial score (nSPS) is 17.5. The lowest BCUT2D eigenvalue weighted by Gasteiger charge is -2.27. The van der Waals surface area contributed by atoms with E-state index in [9.17, 15) is 4.79 Å². The van der Waals surface area contributed by atoms with E-state index in [0.717, 1.165) is 30.6 Å². The van der Waals surface area contributed by atoms with Crippen LogP contribution < -0.4 is 10.5 Å². The Bertz CT molecular complexity index is 450. The Morgan fingerprint density at radius 2 is 2.28 bits per heavy atom. The molecule has 1 aliphatic heterocycles. The number of hydrogen-bond acceptors (Lipinski definition) is 3. The molecule has 1 heterocycles. The van der Waals surface area contributed by atoms with E-state index in [4.69, 9.17) is 10.5 Å². The molecular formula is C15H21NO2. The lowest BCUT2D eigenvalue weighted by molar-refractivity contribution is 0.0815. The Morgan fingerprint density at radius 3 is 2.94 bits per heavy atom. The van der Waals surface area contributed by atoms with Crippen LogP contribution in [-0.4, -0.2) is 18.9 Å². The van der Waals surface area contributed by atoms with Gasteiger partial charge in [0.05, 0.1) is 12.2 Å². The minimum Gasteiger partial charge on any atom is -0.493 e. The summed E-state index contributed by atoms with van der Waals surface area (Å²) in [5.41, 5.74) is 7.12. The van der Waals surface area contributed by atoms with Crippen LogP contribution in [0.5, 0.6) is 5.75 Å². The topological polar surface area (TPSA) is 52.3 Å². The highest BCUT2D eigenvalue weighted by atomic mass is 16.5. The zero-order valence-corrected chi connectivity index (χ0v) is 11.2. The monoisotopic (exact) mass is 247 g/mol. The van der Waals surface area contributed by atoms with Gasteiger partial charge >= 0.3 is 0 Å². The van der Waals surface area contributed by atoms with Crippen molar-refractivity contribution in [1.29, 1.82) is 0 Å². The molecule has 0 fully saturated rings. The summed E-state index contributed by atoms with van der Waals surface area (Å²) in [6, 6.07) is 5.83. The predicted octanol–water partition coefficient (Wildman–Crippen LogP) is 2.57. The highest BCUT2D eigenvalue weighted by Crippen LogP contribution is 2.34. The van der Waals surface area contributed by atoms with Gasteiger partial charge in [-0.2, -0.15) is 0 Å². The molecule has 1 aromatic carbocycles. The minimum absolute atomic E-state index is 0.103. The fourth-order valence-electron chi connectivity index (χ4n) is 2.29. The first-order valence-corrected chi connectivity index (χ1v) is 6.62. The smallest absolute Gasteiger partial charge is 0.173 e. The molecule has 0 bridgehead atoms. The second-order valence-electron chi connectivity index (χ2n) is 5.19. The molecule has 2 N–H and O–H groups in total. The van der Waals surface area contributed by atoms with Crippen molar-refractivity contribution in [3.8, 4) is 5.75 Å². The first-order valence-electron chi connectivity index (χ1n) is 6.62. The van der Waals surface area contributed by atoms with Crippen LogP contribution in [0.4, 0.5) is 0 Å². The predicted molar refractivity (Wildman–Crippen MR) is 72.0 cm³/mol.